The van der Waals surface area contributed by atoms with E-state index in [9.17, 15) is 18.4 Å². The van der Waals surface area contributed by atoms with Crippen LogP contribution in [0.2, 0.25) is 5.02 Å². The minimum atomic E-state index is -1.19. The molecule has 1 aromatic carbocycles. The highest BCUT2D eigenvalue weighted by Gasteiger charge is 2.24. The van der Waals surface area contributed by atoms with E-state index < -0.39 is 35.2 Å². The van der Waals surface area contributed by atoms with E-state index in [-0.39, 0.29) is 17.5 Å². The maximum absolute atomic E-state index is 13.5. The lowest BCUT2D eigenvalue weighted by Crippen LogP contribution is -2.41. The number of hydrogen-bond donors (Lipinski definition) is 3. The number of halogens is 3. The summed E-state index contributed by atoms with van der Waals surface area (Å²) in [6.45, 7) is -0.0593. The first-order valence-electron chi connectivity index (χ1n) is 6.46. The molecule has 0 radical (unpaired) electrons. The second-order valence-corrected chi connectivity index (χ2v) is 5.28. The van der Waals surface area contributed by atoms with Crippen molar-refractivity contribution < 1.29 is 23.5 Å². The van der Waals surface area contributed by atoms with Crippen LogP contribution in [-0.2, 0) is 9.59 Å². The molecular weight excluding hydrogens is 318 g/mol. The largest absolute Gasteiger partial charge is 0.396 e. The summed E-state index contributed by atoms with van der Waals surface area (Å²) < 4.78 is 27.1. The summed E-state index contributed by atoms with van der Waals surface area (Å²) in [5.74, 6) is -4.46. The molecule has 0 fully saturated rings. The Balaban J connectivity index is 1.98. The second-order valence-electron chi connectivity index (χ2n) is 4.84. The topological polar surface area (TPSA) is 78.4 Å². The first-order valence-corrected chi connectivity index (χ1v) is 6.84. The fourth-order valence-corrected chi connectivity index (χ4v) is 2.27. The van der Waals surface area contributed by atoms with Crippen LogP contribution in [0, 0.1) is 17.6 Å². The van der Waals surface area contributed by atoms with E-state index in [4.69, 9.17) is 16.7 Å². The number of hydrogen-bond acceptors (Lipinski definition) is 3. The lowest BCUT2D eigenvalue weighted by molar-refractivity contribution is -0.136. The maximum Gasteiger partial charge on any atom is 0.313 e. The summed E-state index contributed by atoms with van der Waals surface area (Å²) in [6.07, 6.45) is 3.83. The van der Waals surface area contributed by atoms with E-state index in [2.05, 4.69) is 5.32 Å². The number of aliphatic hydroxyl groups is 1. The molecule has 2 amide bonds. The van der Waals surface area contributed by atoms with Gasteiger partial charge < -0.3 is 15.7 Å². The van der Waals surface area contributed by atoms with Crippen molar-refractivity contribution in [2.45, 2.75) is 12.5 Å². The Morgan fingerprint density at radius 1 is 1.23 bits per heavy atom. The fourth-order valence-electron chi connectivity index (χ4n) is 2.08. The minimum absolute atomic E-state index is 0.0593. The normalized spacial score (nSPS) is 20.0. The van der Waals surface area contributed by atoms with Gasteiger partial charge in [-0.25, -0.2) is 8.78 Å². The van der Waals surface area contributed by atoms with Gasteiger partial charge in [-0.15, -0.1) is 0 Å². The molecule has 1 aliphatic rings. The Morgan fingerprint density at radius 3 is 2.41 bits per heavy atom. The van der Waals surface area contributed by atoms with Crippen LogP contribution in [0.3, 0.4) is 0 Å². The fraction of sp³-hybridized carbons (Fsp3) is 0.286. The molecule has 3 N–H and O–H groups in total. The van der Waals surface area contributed by atoms with Crippen molar-refractivity contribution in [1.29, 1.82) is 0 Å². The number of nitrogens with one attached hydrogen (secondary N) is 2. The molecule has 2 rings (SSSR count). The molecule has 0 saturated heterocycles. The van der Waals surface area contributed by atoms with Gasteiger partial charge in [-0.1, -0.05) is 23.8 Å². The molecule has 2 atom stereocenters. The molecule has 1 aromatic rings. The third-order valence-electron chi connectivity index (χ3n) is 3.17. The Bertz CT molecular complexity index is 614. The molecule has 118 valence electrons. The Morgan fingerprint density at radius 2 is 1.86 bits per heavy atom. The van der Waals surface area contributed by atoms with Crippen molar-refractivity contribution in [3.63, 3.8) is 0 Å². The monoisotopic (exact) mass is 330 g/mol. The summed E-state index contributed by atoms with van der Waals surface area (Å²) in [6, 6.07) is 1.24. The number of carbonyl (C=O) groups excluding carboxylic acids is 2. The molecule has 5 nitrogen and oxygen atoms in total. The van der Waals surface area contributed by atoms with Gasteiger partial charge in [-0.05, 0) is 18.6 Å². The van der Waals surface area contributed by atoms with Gasteiger partial charge in [0.05, 0.1) is 0 Å². The van der Waals surface area contributed by atoms with E-state index in [1.165, 1.54) is 0 Å². The van der Waals surface area contributed by atoms with Crippen LogP contribution in [0.1, 0.15) is 6.42 Å². The third kappa shape index (κ3) is 3.80. The van der Waals surface area contributed by atoms with Gasteiger partial charge in [0, 0.05) is 23.6 Å². The van der Waals surface area contributed by atoms with Gasteiger partial charge in [-0.3, -0.25) is 9.59 Å². The Hall–Kier alpha value is -1.99. The smallest absolute Gasteiger partial charge is 0.313 e. The summed E-state index contributed by atoms with van der Waals surface area (Å²) >= 11 is 5.46. The lowest BCUT2D eigenvalue weighted by Gasteiger charge is -2.13. The van der Waals surface area contributed by atoms with Crippen LogP contribution in [0.4, 0.5) is 14.5 Å². The highest BCUT2D eigenvalue weighted by atomic mass is 35.5. The zero-order valence-electron chi connectivity index (χ0n) is 11.3. The number of aliphatic hydroxyl groups excluding tert-OH is 1. The molecule has 0 aromatic heterocycles. The zero-order chi connectivity index (χ0) is 16.3. The number of anilines is 1. The number of rotatable bonds is 3. The van der Waals surface area contributed by atoms with Gasteiger partial charge in [0.15, 0.2) is 11.6 Å². The Labute approximate surface area is 130 Å². The standard InChI is InChI=1S/C14H13ClF2N2O3/c15-8-4-10(16)12(11(17)5-8)19-14(22)13(21)18-9-2-1-7(3-9)6-20/h1-2,4-5,7,9,20H,3,6H2,(H,18,21)(H,19,22)/t7-,9+/m0/s1. The molecule has 8 heteroatoms. The van der Waals surface area contributed by atoms with Gasteiger partial charge in [0.1, 0.15) is 5.69 Å². The van der Waals surface area contributed by atoms with Crippen LogP contribution in [0.5, 0.6) is 0 Å². The maximum atomic E-state index is 13.5. The molecule has 0 bridgehead atoms. The third-order valence-corrected chi connectivity index (χ3v) is 3.39. The average Bonchev–Trinajstić information content (AvgIpc) is 2.90. The van der Waals surface area contributed by atoms with Crippen molar-refractivity contribution in [2.24, 2.45) is 5.92 Å². The van der Waals surface area contributed by atoms with Crippen LogP contribution in [0.15, 0.2) is 24.3 Å². The molecule has 0 spiro atoms. The second kappa shape index (κ2) is 6.85. The van der Waals surface area contributed by atoms with Crippen molar-refractivity contribution in [1.82, 2.24) is 5.32 Å². The molecular formula is C14H13ClF2N2O3. The quantitative estimate of drug-likeness (QED) is 0.582. The lowest BCUT2D eigenvalue weighted by atomic mass is 10.1. The summed E-state index contributed by atoms with van der Waals surface area (Å²) in [4.78, 5) is 23.4. The summed E-state index contributed by atoms with van der Waals surface area (Å²) in [7, 11) is 0. The predicted octanol–water partition coefficient (Wildman–Crippen LogP) is 1.61. The highest BCUT2D eigenvalue weighted by Crippen LogP contribution is 2.23. The van der Waals surface area contributed by atoms with E-state index in [0.717, 1.165) is 12.1 Å². The van der Waals surface area contributed by atoms with Crippen LogP contribution in [-0.4, -0.2) is 29.6 Å². The van der Waals surface area contributed by atoms with E-state index in [1.54, 1.807) is 12.2 Å². The van der Waals surface area contributed by atoms with Crippen LogP contribution >= 0.6 is 11.6 Å². The molecule has 0 aliphatic heterocycles. The predicted molar refractivity (Wildman–Crippen MR) is 76.3 cm³/mol. The molecule has 0 heterocycles. The zero-order valence-corrected chi connectivity index (χ0v) is 12.0. The summed E-state index contributed by atoms with van der Waals surface area (Å²) in [5, 5.41) is 13.1. The summed E-state index contributed by atoms with van der Waals surface area (Å²) in [5.41, 5.74) is -0.736. The number of carbonyl (C=O) groups is 2. The van der Waals surface area contributed by atoms with Gasteiger partial charge in [0.25, 0.3) is 0 Å². The van der Waals surface area contributed by atoms with Gasteiger partial charge >= 0.3 is 11.8 Å². The highest BCUT2D eigenvalue weighted by molar-refractivity contribution is 6.39. The number of amides is 2. The van der Waals surface area contributed by atoms with Gasteiger partial charge in [0.2, 0.25) is 0 Å². The molecule has 22 heavy (non-hydrogen) atoms. The SMILES string of the molecule is O=C(Nc1c(F)cc(Cl)cc1F)C(=O)N[C@@H]1C=C[C@H](CO)C1. The average molecular weight is 331 g/mol. The van der Waals surface area contributed by atoms with Gasteiger partial charge in [-0.2, -0.15) is 0 Å². The van der Waals surface area contributed by atoms with E-state index in [1.807, 2.05) is 5.32 Å². The Kier molecular flexibility index (Phi) is 5.10. The van der Waals surface area contributed by atoms with E-state index in [0.29, 0.717) is 6.42 Å². The van der Waals surface area contributed by atoms with E-state index >= 15 is 0 Å². The minimum Gasteiger partial charge on any atom is -0.396 e. The first-order chi connectivity index (χ1) is 10.4. The van der Waals surface area contributed by atoms with Crippen molar-refractivity contribution >= 4 is 29.1 Å². The van der Waals surface area contributed by atoms with Crippen molar-refractivity contribution in [3.05, 3.63) is 40.9 Å². The van der Waals surface area contributed by atoms with Crippen LogP contribution in [0.25, 0.3) is 0 Å². The van der Waals surface area contributed by atoms with Crippen LogP contribution < -0.4 is 10.6 Å². The number of benzene rings is 1. The molecule has 0 unspecified atom stereocenters. The van der Waals surface area contributed by atoms with Crippen molar-refractivity contribution in [3.8, 4) is 0 Å². The molecule has 1 aliphatic carbocycles. The van der Waals surface area contributed by atoms with Crippen molar-refractivity contribution in [2.75, 3.05) is 11.9 Å². The molecule has 0 saturated carbocycles. The first kappa shape index (κ1) is 16.4.